The van der Waals surface area contributed by atoms with E-state index in [1.54, 1.807) is 0 Å². The Morgan fingerprint density at radius 2 is 2.00 bits per heavy atom. The normalized spacial score (nSPS) is 11.6. The van der Waals surface area contributed by atoms with Crippen molar-refractivity contribution in [2.24, 2.45) is 0 Å². The van der Waals surface area contributed by atoms with Crippen molar-refractivity contribution in [2.45, 2.75) is 26.7 Å². The maximum Gasteiger partial charge on any atom is 0.0939 e. The third kappa shape index (κ3) is 3.05. The number of hydrogen-bond donors (Lipinski definition) is 0. The van der Waals surface area contributed by atoms with Crippen molar-refractivity contribution in [1.29, 1.82) is 0 Å². The first kappa shape index (κ1) is 12.5. The van der Waals surface area contributed by atoms with Gasteiger partial charge in [-0.3, -0.25) is 0 Å². The van der Waals surface area contributed by atoms with E-state index >= 15 is 0 Å². The second-order valence-corrected chi connectivity index (χ2v) is 6.06. The Kier molecular flexibility index (Phi) is 3.79. The molecule has 17 heavy (non-hydrogen) atoms. The molecule has 0 amide bonds. The summed E-state index contributed by atoms with van der Waals surface area (Å²) >= 11 is 1.85. The van der Waals surface area contributed by atoms with Crippen LogP contribution in [0.15, 0.2) is 12.1 Å². The van der Waals surface area contributed by atoms with Gasteiger partial charge in [-0.05, 0) is 58.1 Å². The molecule has 0 N–H and O–H groups in total. The molecule has 0 spiro atoms. The zero-order valence-corrected chi connectivity index (χ0v) is 11.9. The number of thiazole rings is 1. The summed E-state index contributed by atoms with van der Waals surface area (Å²) in [5, 5.41) is 1.27. The average molecular weight is 248 g/mol. The van der Waals surface area contributed by atoms with Crippen molar-refractivity contribution in [3.63, 3.8) is 0 Å². The smallest absolute Gasteiger partial charge is 0.0939 e. The van der Waals surface area contributed by atoms with E-state index in [0.29, 0.717) is 0 Å². The molecular weight excluding hydrogens is 228 g/mol. The summed E-state index contributed by atoms with van der Waals surface area (Å²) in [6.45, 7) is 5.43. The van der Waals surface area contributed by atoms with Crippen molar-refractivity contribution in [2.75, 3.05) is 20.6 Å². The molecule has 0 saturated heterocycles. The average Bonchev–Trinajstić information content (AvgIpc) is 2.60. The van der Waals surface area contributed by atoms with Gasteiger partial charge >= 0.3 is 0 Å². The van der Waals surface area contributed by atoms with Crippen LogP contribution in [0.1, 0.15) is 22.6 Å². The van der Waals surface area contributed by atoms with Gasteiger partial charge in [0.15, 0.2) is 0 Å². The van der Waals surface area contributed by atoms with Crippen molar-refractivity contribution >= 4 is 21.6 Å². The van der Waals surface area contributed by atoms with E-state index in [0.717, 1.165) is 13.0 Å². The van der Waals surface area contributed by atoms with E-state index < -0.39 is 0 Å². The molecule has 3 heteroatoms. The number of benzene rings is 1. The van der Waals surface area contributed by atoms with Crippen LogP contribution in [0.25, 0.3) is 10.2 Å². The van der Waals surface area contributed by atoms with Gasteiger partial charge in [0.2, 0.25) is 0 Å². The molecule has 2 rings (SSSR count). The summed E-state index contributed by atoms with van der Waals surface area (Å²) in [4.78, 5) is 6.98. The summed E-state index contributed by atoms with van der Waals surface area (Å²) in [5.41, 5.74) is 3.83. The third-order valence-corrected chi connectivity index (χ3v) is 3.93. The van der Waals surface area contributed by atoms with Crippen LogP contribution in [0.3, 0.4) is 0 Å². The summed E-state index contributed by atoms with van der Waals surface area (Å²) in [5.74, 6) is 0. The maximum absolute atomic E-state index is 4.75. The number of rotatable bonds is 4. The fraction of sp³-hybridized carbons (Fsp3) is 0.500. The lowest BCUT2D eigenvalue weighted by atomic mass is 10.1. The molecule has 0 unspecified atom stereocenters. The molecular formula is C14H20N2S. The standard InChI is InChI=1S/C14H20N2S/c1-10-8-11(2)14-12(9-10)17-13(15-14)6-5-7-16(3)4/h8-9H,5-7H2,1-4H3. The predicted octanol–water partition coefficient (Wildman–Crippen LogP) is 3.41. The molecule has 0 aliphatic carbocycles. The Morgan fingerprint density at radius 1 is 1.24 bits per heavy atom. The lowest BCUT2D eigenvalue weighted by molar-refractivity contribution is 0.400. The Morgan fingerprint density at radius 3 is 2.71 bits per heavy atom. The van der Waals surface area contributed by atoms with Crippen LogP contribution in [0.2, 0.25) is 0 Å². The van der Waals surface area contributed by atoms with Gasteiger partial charge in [-0.1, -0.05) is 6.07 Å². The molecule has 2 aromatic rings. The molecule has 92 valence electrons. The molecule has 0 bridgehead atoms. The van der Waals surface area contributed by atoms with E-state index in [2.05, 4.69) is 45.0 Å². The number of aromatic nitrogens is 1. The van der Waals surface area contributed by atoms with Crippen molar-refractivity contribution in [3.8, 4) is 0 Å². The predicted molar refractivity (Wildman–Crippen MR) is 76.0 cm³/mol. The van der Waals surface area contributed by atoms with E-state index in [4.69, 9.17) is 4.98 Å². The van der Waals surface area contributed by atoms with Crippen LogP contribution >= 0.6 is 11.3 Å². The second-order valence-electron chi connectivity index (χ2n) is 4.94. The van der Waals surface area contributed by atoms with Crippen LogP contribution < -0.4 is 0 Å². The highest BCUT2D eigenvalue weighted by molar-refractivity contribution is 7.18. The number of aryl methyl sites for hydroxylation is 3. The minimum atomic E-state index is 1.09. The van der Waals surface area contributed by atoms with Crippen LogP contribution in [0.4, 0.5) is 0 Å². The van der Waals surface area contributed by atoms with Gasteiger partial charge in [-0.25, -0.2) is 4.98 Å². The first-order valence-electron chi connectivity index (χ1n) is 6.07. The highest BCUT2D eigenvalue weighted by atomic mass is 32.1. The Hall–Kier alpha value is -0.930. The quantitative estimate of drug-likeness (QED) is 0.824. The first-order valence-corrected chi connectivity index (χ1v) is 6.89. The van der Waals surface area contributed by atoms with E-state index in [9.17, 15) is 0 Å². The molecule has 2 nitrogen and oxygen atoms in total. The molecule has 0 aliphatic heterocycles. The lowest BCUT2D eigenvalue weighted by Crippen LogP contribution is -2.13. The molecule has 1 aromatic carbocycles. The van der Waals surface area contributed by atoms with Gasteiger partial charge < -0.3 is 4.90 Å². The van der Waals surface area contributed by atoms with Crippen LogP contribution in [0, 0.1) is 13.8 Å². The fourth-order valence-electron chi connectivity index (χ4n) is 2.07. The van der Waals surface area contributed by atoms with Crippen LogP contribution in [-0.2, 0) is 6.42 Å². The van der Waals surface area contributed by atoms with Gasteiger partial charge in [-0.15, -0.1) is 11.3 Å². The minimum absolute atomic E-state index is 1.09. The van der Waals surface area contributed by atoms with Crippen LogP contribution in [0.5, 0.6) is 0 Å². The highest BCUT2D eigenvalue weighted by Gasteiger charge is 2.06. The lowest BCUT2D eigenvalue weighted by Gasteiger charge is -2.07. The summed E-state index contributed by atoms with van der Waals surface area (Å²) in [6.07, 6.45) is 2.28. The number of hydrogen-bond acceptors (Lipinski definition) is 3. The summed E-state index contributed by atoms with van der Waals surface area (Å²) in [6, 6.07) is 4.46. The SMILES string of the molecule is Cc1cc(C)c2nc(CCCN(C)C)sc2c1. The Balaban J connectivity index is 2.17. The largest absolute Gasteiger partial charge is 0.309 e. The second kappa shape index (κ2) is 5.15. The monoisotopic (exact) mass is 248 g/mol. The molecule has 1 heterocycles. The maximum atomic E-state index is 4.75. The van der Waals surface area contributed by atoms with Crippen molar-refractivity contribution in [3.05, 3.63) is 28.3 Å². The number of nitrogens with zero attached hydrogens (tertiary/aromatic N) is 2. The topological polar surface area (TPSA) is 16.1 Å². The number of fused-ring (bicyclic) bond motifs is 1. The van der Waals surface area contributed by atoms with Gasteiger partial charge in [0.1, 0.15) is 0 Å². The van der Waals surface area contributed by atoms with Gasteiger partial charge in [0.05, 0.1) is 15.2 Å². The highest BCUT2D eigenvalue weighted by Crippen LogP contribution is 2.26. The van der Waals surface area contributed by atoms with Gasteiger partial charge in [0, 0.05) is 6.42 Å². The van der Waals surface area contributed by atoms with Gasteiger partial charge in [-0.2, -0.15) is 0 Å². The molecule has 0 radical (unpaired) electrons. The molecule has 0 atom stereocenters. The van der Waals surface area contributed by atoms with E-state index in [1.165, 1.54) is 32.8 Å². The van der Waals surface area contributed by atoms with E-state index in [-0.39, 0.29) is 0 Å². The fourth-order valence-corrected chi connectivity index (χ4v) is 3.26. The Labute approximate surface area is 107 Å². The zero-order chi connectivity index (χ0) is 12.4. The first-order chi connectivity index (χ1) is 8.06. The molecule has 1 aromatic heterocycles. The summed E-state index contributed by atoms with van der Waals surface area (Å²) < 4.78 is 1.34. The van der Waals surface area contributed by atoms with E-state index in [1.807, 2.05) is 11.3 Å². The molecule has 0 aliphatic rings. The molecule has 0 saturated carbocycles. The van der Waals surface area contributed by atoms with Crippen molar-refractivity contribution < 1.29 is 0 Å². The molecule has 0 fully saturated rings. The third-order valence-electron chi connectivity index (χ3n) is 2.87. The Bertz CT molecular complexity index is 514. The van der Waals surface area contributed by atoms with Crippen molar-refractivity contribution in [1.82, 2.24) is 9.88 Å². The minimum Gasteiger partial charge on any atom is -0.309 e. The summed E-state index contributed by atoms with van der Waals surface area (Å²) in [7, 11) is 4.23. The van der Waals surface area contributed by atoms with Gasteiger partial charge in [0.25, 0.3) is 0 Å². The zero-order valence-electron chi connectivity index (χ0n) is 11.1. The van der Waals surface area contributed by atoms with Crippen LogP contribution in [-0.4, -0.2) is 30.5 Å².